The smallest absolute Gasteiger partial charge is 0.303 e. The molecule has 0 aromatic rings. The van der Waals surface area contributed by atoms with E-state index in [4.69, 9.17) is 9.84 Å². The van der Waals surface area contributed by atoms with E-state index in [9.17, 15) is 9.90 Å². The number of aliphatic hydroxyl groups excluding tert-OH is 1. The molecule has 2 bridgehead atoms. The number of hydrogen-bond donors (Lipinski definition) is 2. The fraction of sp³-hybridized carbons (Fsp3) is 0.875. The molecule has 4 nitrogen and oxygen atoms in total. The molecule has 2 N–H and O–H groups in total. The molecule has 2 aliphatic heterocycles. The highest BCUT2D eigenvalue weighted by Crippen LogP contribution is 2.46. The number of allylic oxidation sites excluding steroid dienone is 2. The lowest BCUT2D eigenvalue weighted by Crippen LogP contribution is -2.28. The van der Waals surface area contributed by atoms with Gasteiger partial charge in [-0.05, 0) is 87.0 Å². The van der Waals surface area contributed by atoms with E-state index in [0.717, 1.165) is 32.1 Å². The summed E-state index contributed by atoms with van der Waals surface area (Å²) in [7, 11) is 0. The molecule has 5 heteroatoms. The van der Waals surface area contributed by atoms with Crippen LogP contribution in [-0.2, 0) is 9.53 Å². The minimum Gasteiger partial charge on any atom is -0.481 e. The van der Waals surface area contributed by atoms with Crippen LogP contribution < -0.4 is 0 Å². The molecular weight excluding hydrogens is 384 g/mol. The molecule has 1 aliphatic carbocycles. The number of ether oxygens (including phenoxy) is 1. The third-order valence-electron chi connectivity index (χ3n) is 7.22. The predicted octanol–water partition coefficient (Wildman–Crippen LogP) is 5.44. The molecule has 2 heterocycles. The van der Waals surface area contributed by atoms with Crippen molar-refractivity contribution in [2.75, 3.05) is 11.5 Å². The van der Waals surface area contributed by atoms with Crippen LogP contribution in [0.4, 0.5) is 0 Å². The van der Waals surface area contributed by atoms with Crippen molar-refractivity contribution in [2.45, 2.75) is 102 Å². The van der Waals surface area contributed by atoms with Gasteiger partial charge in [-0.15, -0.1) is 0 Å². The first-order valence-electron chi connectivity index (χ1n) is 11.9. The van der Waals surface area contributed by atoms with Crippen molar-refractivity contribution in [1.29, 1.82) is 0 Å². The number of thioether (sulfide) groups is 1. The number of carboxylic acids is 1. The standard InChI is InChI=1S/C24H40O4S/c25-21(18-9-5-6-10-18)12-7-8-16-29-17-20-19(22-14-15-23(20)28-22)11-3-1-2-4-13-24(26)27/h1,3,18-23,25H,2,4-17H2,(H,26,27)/b3-1-/t19-,20-,21?,22-,23+/m1/s1. The normalized spacial score (nSPS) is 30.5. The van der Waals surface area contributed by atoms with E-state index in [0.29, 0.717) is 30.0 Å². The molecule has 0 radical (unpaired) electrons. The van der Waals surface area contributed by atoms with Gasteiger partial charge in [-0.25, -0.2) is 0 Å². The maximum atomic E-state index is 10.6. The number of rotatable bonds is 14. The van der Waals surface area contributed by atoms with Crippen LogP contribution in [0, 0.1) is 17.8 Å². The highest BCUT2D eigenvalue weighted by Gasteiger charge is 2.47. The van der Waals surface area contributed by atoms with Crippen molar-refractivity contribution in [1.82, 2.24) is 0 Å². The first-order chi connectivity index (χ1) is 14.1. The molecule has 3 fully saturated rings. The quantitative estimate of drug-likeness (QED) is 0.287. The molecule has 3 rings (SSSR count). The molecule has 29 heavy (non-hydrogen) atoms. The number of unbranched alkanes of at least 4 members (excludes halogenated alkanes) is 2. The van der Waals surface area contributed by atoms with E-state index in [1.165, 1.54) is 56.5 Å². The lowest BCUT2D eigenvalue weighted by Gasteiger charge is -2.27. The third kappa shape index (κ3) is 7.29. The van der Waals surface area contributed by atoms with Gasteiger partial charge in [0.25, 0.3) is 0 Å². The summed E-state index contributed by atoms with van der Waals surface area (Å²) in [6.07, 6.45) is 19.1. The summed E-state index contributed by atoms with van der Waals surface area (Å²) < 4.78 is 6.22. The van der Waals surface area contributed by atoms with Crippen LogP contribution in [0.1, 0.15) is 83.5 Å². The number of fused-ring (bicyclic) bond motifs is 2. The highest BCUT2D eigenvalue weighted by atomic mass is 32.2. The first-order valence-corrected chi connectivity index (χ1v) is 13.1. The maximum Gasteiger partial charge on any atom is 0.303 e. The Kier molecular flexibility index (Phi) is 9.87. The van der Waals surface area contributed by atoms with Crippen molar-refractivity contribution in [3.8, 4) is 0 Å². The van der Waals surface area contributed by atoms with Crippen LogP contribution in [0.3, 0.4) is 0 Å². The van der Waals surface area contributed by atoms with Crippen molar-refractivity contribution in [3.05, 3.63) is 12.2 Å². The van der Waals surface area contributed by atoms with E-state index in [-0.39, 0.29) is 12.5 Å². The highest BCUT2D eigenvalue weighted by molar-refractivity contribution is 7.99. The average Bonchev–Trinajstić information content (AvgIpc) is 3.45. The Morgan fingerprint density at radius 2 is 1.79 bits per heavy atom. The molecule has 166 valence electrons. The number of hydrogen-bond acceptors (Lipinski definition) is 4. The Hall–Kier alpha value is -0.520. The maximum absolute atomic E-state index is 10.6. The number of aliphatic carboxylic acids is 1. The van der Waals surface area contributed by atoms with Crippen molar-refractivity contribution in [3.63, 3.8) is 0 Å². The molecule has 1 unspecified atom stereocenters. The molecule has 0 spiro atoms. The summed E-state index contributed by atoms with van der Waals surface area (Å²) in [6.45, 7) is 0. The van der Waals surface area contributed by atoms with E-state index >= 15 is 0 Å². The second kappa shape index (κ2) is 12.4. The van der Waals surface area contributed by atoms with E-state index in [1.54, 1.807) is 0 Å². The summed E-state index contributed by atoms with van der Waals surface area (Å²) >= 11 is 2.08. The molecule has 3 aliphatic rings. The monoisotopic (exact) mass is 424 g/mol. The minimum atomic E-state index is -0.704. The largest absolute Gasteiger partial charge is 0.481 e. The molecule has 0 aromatic carbocycles. The van der Waals surface area contributed by atoms with Gasteiger partial charge in [0.1, 0.15) is 0 Å². The average molecular weight is 425 g/mol. The molecule has 0 aromatic heterocycles. The van der Waals surface area contributed by atoms with Gasteiger partial charge < -0.3 is 14.9 Å². The van der Waals surface area contributed by atoms with E-state index in [2.05, 4.69) is 23.9 Å². The van der Waals surface area contributed by atoms with Crippen LogP contribution in [-0.4, -0.2) is 46.0 Å². The van der Waals surface area contributed by atoms with Gasteiger partial charge in [-0.1, -0.05) is 31.4 Å². The van der Waals surface area contributed by atoms with Gasteiger partial charge in [0, 0.05) is 6.42 Å². The van der Waals surface area contributed by atoms with E-state index < -0.39 is 5.97 Å². The van der Waals surface area contributed by atoms with Crippen LogP contribution in [0.2, 0.25) is 0 Å². The number of carbonyl (C=O) groups is 1. The van der Waals surface area contributed by atoms with Crippen LogP contribution in [0.25, 0.3) is 0 Å². The number of carboxylic acid groups (broad SMARTS) is 1. The van der Waals surface area contributed by atoms with Gasteiger partial charge in [0.05, 0.1) is 18.3 Å². The summed E-state index contributed by atoms with van der Waals surface area (Å²) in [6, 6.07) is 0. The van der Waals surface area contributed by atoms with Crippen molar-refractivity contribution < 1.29 is 19.7 Å². The zero-order valence-electron chi connectivity index (χ0n) is 17.8. The summed E-state index contributed by atoms with van der Waals surface area (Å²) in [5, 5.41) is 19.0. The van der Waals surface area contributed by atoms with E-state index in [1.807, 2.05) is 0 Å². The number of aliphatic hydroxyl groups is 1. The second-order valence-corrected chi connectivity index (χ2v) is 10.4. The third-order valence-corrected chi connectivity index (χ3v) is 8.42. The van der Waals surface area contributed by atoms with Crippen molar-refractivity contribution in [2.24, 2.45) is 17.8 Å². The first kappa shape index (κ1) is 23.1. The Bertz CT molecular complexity index is 517. The Labute approximate surface area is 180 Å². The Morgan fingerprint density at radius 3 is 2.55 bits per heavy atom. The second-order valence-electron chi connectivity index (χ2n) is 9.29. The van der Waals surface area contributed by atoms with Gasteiger partial charge in [0.2, 0.25) is 0 Å². The lowest BCUT2D eigenvalue weighted by atomic mass is 9.78. The fourth-order valence-electron chi connectivity index (χ4n) is 5.53. The summed E-state index contributed by atoms with van der Waals surface area (Å²) in [5.41, 5.74) is 0. The van der Waals surface area contributed by atoms with Crippen molar-refractivity contribution >= 4 is 17.7 Å². The Balaban J connectivity index is 1.28. The topological polar surface area (TPSA) is 66.8 Å². The van der Waals surface area contributed by atoms with Gasteiger partial charge >= 0.3 is 5.97 Å². The zero-order valence-corrected chi connectivity index (χ0v) is 18.7. The summed E-state index contributed by atoms with van der Waals surface area (Å²) in [5.74, 6) is 3.58. The minimum absolute atomic E-state index is 0.0619. The molecule has 2 saturated heterocycles. The predicted molar refractivity (Wildman–Crippen MR) is 119 cm³/mol. The fourth-order valence-corrected chi connectivity index (χ4v) is 6.83. The van der Waals surface area contributed by atoms with Crippen LogP contribution in [0.5, 0.6) is 0 Å². The van der Waals surface area contributed by atoms with Crippen LogP contribution in [0.15, 0.2) is 12.2 Å². The lowest BCUT2D eigenvalue weighted by molar-refractivity contribution is -0.137. The molecule has 1 saturated carbocycles. The summed E-state index contributed by atoms with van der Waals surface area (Å²) in [4.78, 5) is 10.6. The SMILES string of the molecule is O=C(O)CCC/C=C\C[C@@H]1[C@@H](CSCCCCC(O)C2CCCC2)[C@@H]2CC[C@H]1O2. The van der Waals surface area contributed by atoms with Gasteiger partial charge in [-0.2, -0.15) is 11.8 Å². The molecular formula is C24H40O4S. The van der Waals surface area contributed by atoms with Gasteiger partial charge in [0.15, 0.2) is 0 Å². The molecule has 0 amide bonds. The van der Waals surface area contributed by atoms with Crippen LogP contribution >= 0.6 is 11.8 Å². The zero-order chi connectivity index (χ0) is 20.5. The molecule has 5 atom stereocenters. The Morgan fingerprint density at radius 1 is 1.03 bits per heavy atom. The van der Waals surface area contributed by atoms with Gasteiger partial charge in [-0.3, -0.25) is 4.79 Å².